The number of amides is 1. The number of anilines is 1. The molecule has 2 heterocycles. The van der Waals surface area contributed by atoms with Gasteiger partial charge in [-0.15, -0.1) is 10.2 Å². The van der Waals surface area contributed by atoms with Gasteiger partial charge in [0.25, 0.3) is 5.91 Å². The molecule has 3 rings (SSSR count). The van der Waals surface area contributed by atoms with Crippen LogP contribution in [-0.4, -0.2) is 25.8 Å². The van der Waals surface area contributed by atoms with Crippen LogP contribution in [0.1, 0.15) is 21.9 Å². The largest absolute Gasteiger partial charge is 0.360 e. The van der Waals surface area contributed by atoms with Crippen molar-refractivity contribution in [2.45, 2.75) is 13.8 Å². The van der Waals surface area contributed by atoms with Crippen molar-refractivity contribution in [3.8, 4) is 11.3 Å². The predicted molar refractivity (Wildman–Crippen MR) is 80.4 cm³/mol. The third-order valence-corrected chi connectivity index (χ3v) is 3.45. The van der Waals surface area contributed by atoms with Crippen LogP contribution in [0.15, 0.2) is 34.9 Å². The Bertz CT molecular complexity index is 820. The molecule has 112 valence electrons. The molecule has 0 bridgehead atoms. The summed E-state index contributed by atoms with van der Waals surface area (Å²) in [6.45, 7) is 3.51. The topological polar surface area (TPSA) is 85.8 Å². The summed E-state index contributed by atoms with van der Waals surface area (Å²) in [6.07, 6.45) is 0. The molecule has 0 atom stereocenters. The Labute approximate surface area is 127 Å². The van der Waals surface area contributed by atoms with Gasteiger partial charge in [0.1, 0.15) is 22.8 Å². The fourth-order valence-electron chi connectivity index (χ4n) is 2.11. The van der Waals surface area contributed by atoms with Gasteiger partial charge in [-0.3, -0.25) is 10.1 Å². The molecule has 22 heavy (non-hydrogen) atoms. The molecule has 0 aliphatic rings. The van der Waals surface area contributed by atoms with Crippen LogP contribution in [0.2, 0.25) is 0 Å². The third-order valence-electron chi connectivity index (χ3n) is 3.45. The van der Waals surface area contributed by atoms with Crippen LogP contribution in [0, 0.1) is 13.8 Å². The van der Waals surface area contributed by atoms with Crippen LogP contribution in [0.3, 0.4) is 0 Å². The van der Waals surface area contributed by atoms with Crippen molar-refractivity contribution in [1.82, 2.24) is 19.9 Å². The number of carbonyl (C=O) groups excluding carboxylic acids is 1. The molecule has 0 saturated heterocycles. The smallest absolute Gasteiger partial charge is 0.263 e. The Morgan fingerprint density at radius 2 is 1.91 bits per heavy atom. The van der Waals surface area contributed by atoms with Crippen molar-refractivity contribution in [2.75, 3.05) is 5.32 Å². The van der Waals surface area contributed by atoms with Crippen molar-refractivity contribution in [2.24, 2.45) is 7.05 Å². The number of nitrogens with one attached hydrogen (secondary N) is 1. The Hall–Kier alpha value is -2.96. The van der Waals surface area contributed by atoms with E-state index in [4.69, 9.17) is 4.52 Å². The molecule has 1 amide bonds. The van der Waals surface area contributed by atoms with Crippen LogP contribution in [-0.2, 0) is 7.05 Å². The lowest BCUT2D eigenvalue weighted by Gasteiger charge is -2.05. The lowest BCUT2D eigenvalue weighted by Crippen LogP contribution is -2.16. The van der Waals surface area contributed by atoms with Gasteiger partial charge >= 0.3 is 0 Å². The number of hydrogen-bond acceptors (Lipinski definition) is 5. The summed E-state index contributed by atoms with van der Waals surface area (Å²) in [5.74, 6) is 1.21. The van der Waals surface area contributed by atoms with Gasteiger partial charge in [0.2, 0.25) is 5.95 Å². The number of rotatable bonds is 3. The molecule has 1 aromatic carbocycles. The molecular formula is C15H15N5O2. The molecular weight excluding hydrogens is 282 g/mol. The van der Waals surface area contributed by atoms with Gasteiger partial charge in [-0.05, 0) is 13.8 Å². The fraction of sp³-hybridized carbons (Fsp3) is 0.200. The summed E-state index contributed by atoms with van der Waals surface area (Å²) in [5, 5.41) is 14.6. The van der Waals surface area contributed by atoms with Gasteiger partial charge in [0.05, 0.1) is 0 Å². The van der Waals surface area contributed by atoms with Gasteiger partial charge in [0, 0.05) is 12.6 Å². The first-order valence-corrected chi connectivity index (χ1v) is 6.77. The molecule has 0 radical (unpaired) electrons. The standard InChI is InChI=1S/C15H15N5O2/c1-9-12(13(19-22-9)11-7-5-4-6-8-11)14(21)16-15-18-17-10(2)20(15)3/h4-8H,1-3H3,(H,16,18,21). The Kier molecular flexibility index (Phi) is 3.46. The minimum absolute atomic E-state index is 0.326. The molecule has 2 aromatic heterocycles. The molecule has 0 aliphatic heterocycles. The molecule has 0 saturated carbocycles. The van der Waals surface area contributed by atoms with Crippen molar-refractivity contribution < 1.29 is 9.32 Å². The maximum absolute atomic E-state index is 12.6. The van der Waals surface area contributed by atoms with Crippen molar-refractivity contribution >= 4 is 11.9 Å². The van der Waals surface area contributed by atoms with E-state index in [-0.39, 0.29) is 5.91 Å². The van der Waals surface area contributed by atoms with E-state index in [0.717, 1.165) is 5.56 Å². The second-order valence-electron chi connectivity index (χ2n) is 4.91. The summed E-state index contributed by atoms with van der Waals surface area (Å²) in [6, 6.07) is 9.42. The highest BCUT2D eigenvalue weighted by atomic mass is 16.5. The predicted octanol–water partition coefficient (Wildman–Crippen LogP) is 2.34. The van der Waals surface area contributed by atoms with Crippen LogP contribution in [0.5, 0.6) is 0 Å². The normalized spacial score (nSPS) is 10.7. The Morgan fingerprint density at radius 3 is 2.55 bits per heavy atom. The molecule has 3 aromatic rings. The number of benzene rings is 1. The van der Waals surface area contributed by atoms with Gasteiger partial charge < -0.3 is 9.09 Å². The van der Waals surface area contributed by atoms with E-state index < -0.39 is 0 Å². The number of carbonyl (C=O) groups is 1. The summed E-state index contributed by atoms with van der Waals surface area (Å²) in [7, 11) is 1.78. The van der Waals surface area contributed by atoms with Crippen molar-refractivity contribution in [1.29, 1.82) is 0 Å². The van der Waals surface area contributed by atoms with Crippen molar-refractivity contribution in [3.63, 3.8) is 0 Å². The zero-order valence-electron chi connectivity index (χ0n) is 12.5. The summed E-state index contributed by atoms with van der Waals surface area (Å²) >= 11 is 0. The van der Waals surface area contributed by atoms with Crippen LogP contribution >= 0.6 is 0 Å². The molecule has 0 fully saturated rings. The molecule has 1 N–H and O–H groups in total. The number of nitrogens with zero attached hydrogens (tertiary/aromatic N) is 4. The fourth-order valence-corrected chi connectivity index (χ4v) is 2.11. The Balaban J connectivity index is 1.96. The van der Waals surface area contributed by atoms with Crippen molar-refractivity contribution in [3.05, 3.63) is 47.5 Å². The number of aromatic nitrogens is 4. The quantitative estimate of drug-likeness (QED) is 0.802. The summed E-state index contributed by atoms with van der Waals surface area (Å²) in [4.78, 5) is 12.6. The van der Waals surface area contributed by atoms with E-state index in [9.17, 15) is 4.79 Å². The summed E-state index contributed by atoms with van der Waals surface area (Å²) < 4.78 is 6.89. The minimum Gasteiger partial charge on any atom is -0.360 e. The summed E-state index contributed by atoms with van der Waals surface area (Å²) in [5.41, 5.74) is 1.72. The second kappa shape index (κ2) is 5.44. The highest BCUT2D eigenvalue weighted by Crippen LogP contribution is 2.25. The maximum Gasteiger partial charge on any atom is 0.263 e. The van der Waals surface area contributed by atoms with E-state index >= 15 is 0 Å². The van der Waals surface area contributed by atoms with Crippen LogP contribution in [0.25, 0.3) is 11.3 Å². The van der Waals surface area contributed by atoms with E-state index in [1.807, 2.05) is 37.3 Å². The molecule has 0 spiro atoms. The molecule has 0 unspecified atom stereocenters. The van der Waals surface area contributed by atoms with E-state index in [1.54, 1.807) is 18.5 Å². The first kappa shape index (κ1) is 14.0. The molecule has 0 aliphatic carbocycles. The second-order valence-corrected chi connectivity index (χ2v) is 4.91. The van der Waals surface area contributed by atoms with Crippen LogP contribution < -0.4 is 5.32 Å². The van der Waals surface area contributed by atoms with Crippen LogP contribution in [0.4, 0.5) is 5.95 Å². The van der Waals surface area contributed by atoms with Gasteiger partial charge in [-0.25, -0.2) is 0 Å². The number of aryl methyl sites for hydroxylation is 2. The average Bonchev–Trinajstić information content (AvgIpc) is 3.06. The third kappa shape index (κ3) is 2.37. The van der Waals surface area contributed by atoms with Gasteiger partial charge in [0.15, 0.2) is 0 Å². The maximum atomic E-state index is 12.6. The van der Waals surface area contributed by atoms with E-state index in [0.29, 0.717) is 28.8 Å². The minimum atomic E-state index is -0.326. The molecule has 7 heteroatoms. The lowest BCUT2D eigenvalue weighted by atomic mass is 10.1. The highest BCUT2D eigenvalue weighted by molar-refractivity contribution is 6.08. The van der Waals surface area contributed by atoms with Gasteiger partial charge in [-0.1, -0.05) is 35.5 Å². The monoisotopic (exact) mass is 297 g/mol. The zero-order chi connectivity index (χ0) is 15.7. The highest BCUT2D eigenvalue weighted by Gasteiger charge is 2.22. The SMILES string of the molecule is Cc1onc(-c2ccccc2)c1C(=O)Nc1nnc(C)n1C. The number of hydrogen-bond donors (Lipinski definition) is 1. The average molecular weight is 297 g/mol. The van der Waals surface area contributed by atoms with E-state index in [2.05, 4.69) is 20.7 Å². The first-order valence-electron chi connectivity index (χ1n) is 6.77. The zero-order valence-corrected chi connectivity index (χ0v) is 12.5. The van der Waals surface area contributed by atoms with E-state index in [1.165, 1.54) is 0 Å². The lowest BCUT2D eigenvalue weighted by molar-refractivity contribution is 0.102. The van der Waals surface area contributed by atoms with Gasteiger partial charge in [-0.2, -0.15) is 0 Å². The molecule has 7 nitrogen and oxygen atoms in total. The Morgan fingerprint density at radius 1 is 1.18 bits per heavy atom. The first-order chi connectivity index (χ1) is 10.6.